The molecule has 33 heavy (non-hydrogen) atoms. The molecular weight excluding hydrogens is 462 g/mol. The van der Waals surface area contributed by atoms with Gasteiger partial charge in [0, 0.05) is 48.6 Å². The van der Waals surface area contributed by atoms with Gasteiger partial charge in [-0.1, -0.05) is 17.7 Å². The summed E-state index contributed by atoms with van der Waals surface area (Å²) < 4.78 is 33.0. The summed E-state index contributed by atoms with van der Waals surface area (Å²) in [5.74, 6) is 2.02. The Morgan fingerprint density at radius 2 is 1.67 bits per heavy atom. The van der Waals surface area contributed by atoms with Gasteiger partial charge in [-0.2, -0.15) is 9.29 Å². The van der Waals surface area contributed by atoms with Crippen molar-refractivity contribution >= 4 is 39.1 Å². The van der Waals surface area contributed by atoms with E-state index in [1.54, 1.807) is 26.2 Å². The molecule has 1 aromatic heterocycles. The van der Waals surface area contributed by atoms with Crippen LogP contribution in [-0.4, -0.2) is 56.0 Å². The highest BCUT2D eigenvalue weighted by Crippen LogP contribution is 2.26. The first-order valence-corrected chi connectivity index (χ1v) is 12.4. The van der Waals surface area contributed by atoms with Gasteiger partial charge in [0.2, 0.25) is 16.0 Å². The molecule has 8 nitrogen and oxygen atoms in total. The molecule has 0 spiro atoms. The molecule has 0 saturated carbocycles. The molecule has 0 unspecified atom stereocenters. The minimum Gasteiger partial charge on any atom is -0.497 e. The van der Waals surface area contributed by atoms with Crippen molar-refractivity contribution in [3.05, 3.63) is 64.8 Å². The maximum atomic E-state index is 13.2. The molecule has 0 aliphatic carbocycles. The van der Waals surface area contributed by atoms with Crippen molar-refractivity contribution in [3.63, 3.8) is 0 Å². The van der Waals surface area contributed by atoms with Gasteiger partial charge in [-0.3, -0.25) is 0 Å². The van der Waals surface area contributed by atoms with Crippen molar-refractivity contribution in [3.8, 4) is 5.75 Å². The van der Waals surface area contributed by atoms with E-state index in [0.717, 1.165) is 17.1 Å². The Kier molecular flexibility index (Phi) is 6.73. The first-order chi connectivity index (χ1) is 15.8. The van der Waals surface area contributed by atoms with Crippen LogP contribution >= 0.6 is 11.6 Å². The highest BCUT2D eigenvalue weighted by Gasteiger charge is 2.30. The number of ether oxygens (including phenoxy) is 1. The van der Waals surface area contributed by atoms with Gasteiger partial charge in [0.05, 0.1) is 12.0 Å². The summed E-state index contributed by atoms with van der Waals surface area (Å²) >= 11 is 6.05. The number of methoxy groups -OCH3 is 1. The average Bonchev–Trinajstić information content (AvgIpc) is 2.81. The van der Waals surface area contributed by atoms with Crippen LogP contribution in [0.4, 0.5) is 17.5 Å². The molecule has 4 rings (SSSR count). The molecule has 1 fully saturated rings. The number of benzene rings is 2. The molecule has 2 heterocycles. The third-order valence-electron chi connectivity index (χ3n) is 5.49. The van der Waals surface area contributed by atoms with Gasteiger partial charge >= 0.3 is 0 Å². The second-order valence-electron chi connectivity index (χ2n) is 7.85. The minimum absolute atomic E-state index is 0.251. The molecule has 0 amide bonds. The Bertz CT molecular complexity index is 1240. The lowest BCUT2D eigenvalue weighted by atomic mass is 10.2. The van der Waals surface area contributed by atoms with Crippen molar-refractivity contribution in [2.75, 3.05) is 43.5 Å². The van der Waals surface area contributed by atoms with Gasteiger partial charge in [0.25, 0.3) is 0 Å². The van der Waals surface area contributed by atoms with E-state index in [-0.39, 0.29) is 4.90 Å². The van der Waals surface area contributed by atoms with E-state index in [1.165, 1.54) is 10.4 Å². The molecule has 10 heteroatoms. The summed E-state index contributed by atoms with van der Waals surface area (Å²) in [5.41, 5.74) is 2.38. The number of aromatic nitrogens is 2. The maximum Gasteiger partial charge on any atom is 0.243 e. The van der Waals surface area contributed by atoms with Crippen LogP contribution in [0.25, 0.3) is 0 Å². The van der Waals surface area contributed by atoms with Crippen LogP contribution in [-0.2, 0) is 10.0 Å². The molecule has 2 aromatic carbocycles. The first kappa shape index (κ1) is 23.3. The van der Waals surface area contributed by atoms with E-state index < -0.39 is 10.0 Å². The fraction of sp³-hybridized carbons (Fsp3) is 0.304. The third kappa shape index (κ3) is 5.21. The van der Waals surface area contributed by atoms with E-state index in [2.05, 4.69) is 15.3 Å². The van der Waals surface area contributed by atoms with Crippen LogP contribution in [0.2, 0.25) is 5.02 Å². The Labute approximate surface area is 199 Å². The molecule has 174 valence electrons. The first-order valence-electron chi connectivity index (χ1n) is 10.5. The quantitative estimate of drug-likeness (QED) is 0.562. The van der Waals surface area contributed by atoms with Gasteiger partial charge in [-0.05, 0) is 55.8 Å². The maximum absolute atomic E-state index is 13.2. The van der Waals surface area contributed by atoms with E-state index in [9.17, 15) is 8.42 Å². The highest BCUT2D eigenvalue weighted by atomic mass is 35.5. The molecule has 0 atom stereocenters. The number of nitrogens with zero attached hydrogens (tertiary/aromatic N) is 4. The Hall–Kier alpha value is -2.88. The topological polar surface area (TPSA) is 87.7 Å². The number of nitrogens with one attached hydrogen (secondary N) is 1. The van der Waals surface area contributed by atoms with Gasteiger partial charge in [-0.15, -0.1) is 0 Å². The van der Waals surface area contributed by atoms with E-state index >= 15 is 0 Å². The van der Waals surface area contributed by atoms with Gasteiger partial charge in [0.15, 0.2) is 0 Å². The summed E-state index contributed by atoms with van der Waals surface area (Å²) in [4.78, 5) is 11.5. The predicted octanol–water partition coefficient (Wildman–Crippen LogP) is 4.01. The normalized spacial score (nSPS) is 14.8. The number of halogens is 1. The van der Waals surface area contributed by atoms with Crippen molar-refractivity contribution in [2.24, 2.45) is 0 Å². The van der Waals surface area contributed by atoms with Crippen molar-refractivity contribution in [2.45, 2.75) is 18.7 Å². The van der Waals surface area contributed by atoms with Crippen LogP contribution in [0.1, 0.15) is 11.3 Å². The lowest BCUT2D eigenvalue weighted by Gasteiger charge is -2.34. The monoisotopic (exact) mass is 487 g/mol. The third-order valence-corrected chi connectivity index (χ3v) is 7.77. The smallest absolute Gasteiger partial charge is 0.243 e. The Morgan fingerprint density at radius 3 is 2.33 bits per heavy atom. The molecule has 1 aliphatic heterocycles. The summed E-state index contributed by atoms with van der Waals surface area (Å²) in [6.45, 7) is 5.35. The number of aryl methyl sites for hydroxylation is 2. The zero-order valence-corrected chi connectivity index (χ0v) is 20.3. The van der Waals surface area contributed by atoms with Crippen molar-refractivity contribution < 1.29 is 13.2 Å². The SMILES string of the molecule is COc1ccc(Nc2cc(C)nc(N3CCN(S(=O)(=O)c4cc(Cl)ccc4C)CC3)n2)cc1. The van der Waals surface area contributed by atoms with Crippen molar-refractivity contribution in [1.82, 2.24) is 14.3 Å². The number of anilines is 3. The standard InChI is InChI=1S/C23H26ClN5O3S/c1-16-4-5-18(24)15-21(16)33(30,31)29-12-10-28(11-13-29)23-25-17(2)14-22(27-23)26-19-6-8-20(32-3)9-7-19/h4-9,14-15H,10-13H2,1-3H3,(H,25,26,27). The number of piperazine rings is 1. The van der Waals surface area contributed by atoms with Crippen LogP contribution in [0.3, 0.4) is 0 Å². The van der Waals surface area contributed by atoms with Crippen LogP contribution in [0.15, 0.2) is 53.4 Å². The van der Waals surface area contributed by atoms with E-state index in [0.29, 0.717) is 48.5 Å². The number of rotatable bonds is 6. The summed E-state index contributed by atoms with van der Waals surface area (Å²) in [5, 5.41) is 3.69. The fourth-order valence-corrected chi connectivity index (χ4v) is 5.61. The molecular formula is C23H26ClN5O3S. The lowest BCUT2D eigenvalue weighted by molar-refractivity contribution is 0.382. The van der Waals surface area contributed by atoms with Gasteiger partial charge < -0.3 is 15.0 Å². The summed E-state index contributed by atoms with van der Waals surface area (Å²) in [7, 11) is -2.00. The van der Waals surface area contributed by atoms with Gasteiger partial charge in [0.1, 0.15) is 11.6 Å². The highest BCUT2D eigenvalue weighted by molar-refractivity contribution is 7.89. The average molecular weight is 488 g/mol. The molecule has 3 aromatic rings. The largest absolute Gasteiger partial charge is 0.497 e. The second kappa shape index (κ2) is 9.54. The lowest BCUT2D eigenvalue weighted by Crippen LogP contribution is -2.49. The summed E-state index contributed by atoms with van der Waals surface area (Å²) in [6, 6.07) is 14.4. The molecule has 1 N–H and O–H groups in total. The second-order valence-corrected chi connectivity index (χ2v) is 10.2. The predicted molar refractivity (Wildman–Crippen MR) is 130 cm³/mol. The molecule has 1 saturated heterocycles. The van der Waals surface area contributed by atoms with E-state index in [1.807, 2.05) is 42.2 Å². The Morgan fingerprint density at radius 1 is 0.970 bits per heavy atom. The zero-order chi connectivity index (χ0) is 23.6. The number of sulfonamides is 1. The van der Waals surface area contributed by atoms with E-state index in [4.69, 9.17) is 16.3 Å². The molecule has 0 bridgehead atoms. The molecule has 1 aliphatic rings. The summed E-state index contributed by atoms with van der Waals surface area (Å²) in [6.07, 6.45) is 0. The molecule has 0 radical (unpaired) electrons. The van der Waals surface area contributed by atoms with Crippen LogP contribution in [0.5, 0.6) is 5.75 Å². The van der Waals surface area contributed by atoms with Crippen molar-refractivity contribution in [1.29, 1.82) is 0 Å². The van der Waals surface area contributed by atoms with Gasteiger partial charge in [-0.25, -0.2) is 13.4 Å². The number of hydrogen-bond acceptors (Lipinski definition) is 7. The zero-order valence-electron chi connectivity index (χ0n) is 18.7. The minimum atomic E-state index is -3.62. The Balaban J connectivity index is 1.47. The number of hydrogen-bond donors (Lipinski definition) is 1. The van der Waals surface area contributed by atoms with Crippen LogP contribution < -0.4 is 15.0 Å². The fourth-order valence-electron chi connectivity index (χ4n) is 3.70. The van der Waals surface area contributed by atoms with Crippen LogP contribution in [0, 0.1) is 13.8 Å².